The van der Waals surface area contributed by atoms with Crippen LogP contribution in [0.15, 0.2) is 11.8 Å². The summed E-state index contributed by atoms with van der Waals surface area (Å²) in [7, 11) is 0. The molecule has 0 unspecified atom stereocenters. The number of nitrogens with one attached hydrogen (secondary N) is 1. The van der Waals surface area contributed by atoms with Gasteiger partial charge >= 0.3 is 0 Å². The summed E-state index contributed by atoms with van der Waals surface area (Å²) in [6.07, 6.45) is 2.26. The van der Waals surface area contributed by atoms with Gasteiger partial charge in [0, 0.05) is 19.0 Å². The minimum absolute atomic E-state index is 0.383. The first-order valence-electron chi connectivity index (χ1n) is 2.46. The van der Waals surface area contributed by atoms with Crippen LogP contribution in [0.1, 0.15) is 6.42 Å². The maximum atomic E-state index is 8.81. The van der Waals surface area contributed by atoms with E-state index in [1.807, 2.05) is 0 Å². The second-order valence-electron chi connectivity index (χ2n) is 1.68. The molecule has 2 nitrogen and oxygen atoms in total. The summed E-state index contributed by atoms with van der Waals surface area (Å²) in [5.41, 5.74) is 0. The highest BCUT2D eigenvalue weighted by Crippen LogP contribution is 1.99. The zero-order valence-electron chi connectivity index (χ0n) is 4.35. The Morgan fingerprint density at radius 2 is 2.50 bits per heavy atom. The summed E-state index contributed by atoms with van der Waals surface area (Å²) in [5.74, 6) is 0.383. The van der Waals surface area contributed by atoms with Crippen LogP contribution in [0.25, 0.3) is 0 Å². The summed E-state index contributed by atoms with van der Waals surface area (Å²) >= 11 is 4.74. The Kier molecular flexibility index (Phi) is 1.48. The molecule has 0 spiro atoms. The zero-order valence-corrected chi connectivity index (χ0v) is 5.16. The van der Waals surface area contributed by atoms with Crippen molar-refractivity contribution in [2.75, 3.05) is 6.54 Å². The molecule has 0 aromatic rings. The van der Waals surface area contributed by atoms with Gasteiger partial charge in [-0.1, -0.05) is 12.2 Å². The Balaban J connectivity index is 2.64. The van der Waals surface area contributed by atoms with E-state index in [9.17, 15) is 0 Å². The van der Waals surface area contributed by atoms with E-state index in [0.29, 0.717) is 17.2 Å². The van der Waals surface area contributed by atoms with Gasteiger partial charge in [0.25, 0.3) is 0 Å². The van der Waals surface area contributed by atoms with Crippen LogP contribution in [0, 0.1) is 0 Å². The van der Waals surface area contributed by atoms with E-state index in [1.54, 1.807) is 6.08 Å². The summed E-state index contributed by atoms with van der Waals surface area (Å²) < 4.78 is 0. The molecule has 1 aliphatic heterocycles. The smallest absolute Gasteiger partial charge is 0.102 e. The molecule has 0 atom stereocenters. The lowest BCUT2D eigenvalue weighted by Gasteiger charge is -2.09. The van der Waals surface area contributed by atoms with Crippen molar-refractivity contribution in [1.29, 1.82) is 0 Å². The fraction of sp³-hybridized carbons (Fsp3) is 0.400. The topological polar surface area (TPSA) is 32.3 Å². The van der Waals surface area contributed by atoms with E-state index in [-0.39, 0.29) is 0 Å². The summed E-state index contributed by atoms with van der Waals surface area (Å²) in [6.45, 7) is 0.765. The highest BCUT2D eigenvalue weighted by Gasteiger charge is 2.01. The SMILES string of the molecule is OC1=CC(=S)NCC1. The molecule has 0 aromatic heterocycles. The van der Waals surface area contributed by atoms with Crippen molar-refractivity contribution in [3.05, 3.63) is 11.8 Å². The Morgan fingerprint density at radius 3 is 2.88 bits per heavy atom. The average molecular weight is 129 g/mol. The highest BCUT2D eigenvalue weighted by molar-refractivity contribution is 7.80. The molecular formula is C5H7NOS. The molecule has 0 bridgehead atoms. The minimum atomic E-state index is 0.383. The summed E-state index contributed by atoms with van der Waals surface area (Å²) in [5, 5.41) is 11.7. The number of aliphatic hydroxyl groups excluding tert-OH is 1. The summed E-state index contributed by atoms with van der Waals surface area (Å²) in [4.78, 5) is 0.633. The fourth-order valence-corrected chi connectivity index (χ4v) is 0.826. The van der Waals surface area contributed by atoms with Gasteiger partial charge in [0.15, 0.2) is 0 Å². The molecule has 1 aliphatic rings. The van der Waals surface area contributed by atoms with Crippen molar-refractivity contribution in [2.24, 2.45) is 0 Å². The van der Waals surface area contributed by atoms with Crippen molar-refractivity contribution < 1.29 is 5.11 Å². The number of hydrogen-bond acceptors (Lipinski definition) is 2. The van der Waals surface area contributed by atoms with E-state index in [0.717, 1.165) is 6.54 Å². The van der Waals surface area contributed by atoms with Crippen LogP contribution in [0.4, 0.5) is 0 Å². The first-order valence-corrected chi connectivity index (χ1v) is 2.87. The highest BCUT2D eigenvalue weighted by atomic mass is 32.1. The van der Waals surface area contributed by atoms with Gasteiger partial charge in [-0.25, -0.2) is 0 Å². The van der Waals surface area contributed by atoms with Gasteiger partial charge in [-0.3, -0.25) is 0 Å². The van der Waals surface area contributed by atoms with Gasteiger partial charge in [-0.2, -0.15) is 0 Å². The molecule has 0 saturated carbocycles. The van der Waals surface area contributed by atoms with Crippen LogP contribution < -0.4 is 5.32 Å². The number of rotatable bonds is 0. The van der Waals surface area contributed by atoms with Gasteiger partial charge in [0.05, 0.1) is 5.76 Å². The van der Waals surface area contributed by atoms with Crippen molar-refractivity contribution in [3.63, 3.8) is 0 Å². The second-order valence-corrected chi connectivity index (χ2v) is 2.12. The fourth-order valence-electron chi connectivity index (χ4n) is 0.588. The molecule has 8 heavy (non-hydrogen) atoms. The van der Waals surface area contributed by atoms with Gasteiger partial charge < -0.3 is 10.4 Å². The Morgan fingerprint density at radius 1 is 1.75 bits per heavy atom. The first-order chi connectivity index (χ1) is 3.79. The van der Waals surface area contributed by atoms with Crippen molar-refractivity contribution >= 4 is 17.2 Å². The quantitative estimate of drug-likeness (QED) is 0.473. The van der Waals surface area contributed by atoms with E-state index in [2.05, 4.69) is 5.32 Å². The number of aliphatic hydroxyl groups is 1. The molecule has 44 valence electrons. The Labute approximate surface area is 53.2 Å². The summed E-state index contributed by atoms with van der Waals surface area (Å²) in [6, 6.07) is 0. The largest absolute Gasteiger partial charge is 0.512 e. The molecule has 0 aliphatic carbocycles. The molecule has 0 aromatic carbocycles. The molecular weight excluding hydrogens is 122 g/mol. The lowest BCUT2D eigenvalue weighted by molar-refractivity contribution is 0.385. The standard InChI is InChI=1S/C5H7NOS/c7-4-1-2-6-5(8)3-4/h3,7H,1-2H2,(H,6,8). The van der Waals surface area contributed by atoms with Crippen LogP contribution in [0.3, 0.4) is 0 Å². The van der Waals surface area contributed by atoms with E-state index >= 15 is 0 Å². The Hall–Kier alpha value is -0.570. The van der Waals surface area contributed by atoms with Gasteiger partial charge in [-0.15, -0.1) is 0 Å². The Bertz CT molecular complexity index is 141. The molecule has 0 fully saturated rings. The van der Waals surface area contributed by atoms with Crippen LogP contribution in [-0.4, -0.2) is 16.6 Å². The van der Waals surface area contributed by atoms with Crippen LogP contribution >= 0.6 is 12.2 Å². The second kappa shape index (κ2) is 2.13. The van der Waals surface area contributed by atoms with Gasteiger partial charge in [0.1, 0.15) is 4.99 Å². The molecule has 1 heterocycles. The maximum absolute atomic E-state index is 8.81. The van der Waals surface area contributed by atoms with Gasteiger partial charge in [0.2, 0.25) is 0 Å². The van der Waals surface area contributed by atoms with Crippen LogP contribution in [0.5, 0.6) is 0 Å². The monoisotopic (exact) mass is 129 g/mol. The average Bonchev–Trinajstić information content (AvgIpc) is 1.64. The van der Waals surface area contributed by atoms with Crippen molar-refractivity contribution in [3.8, 4) is 0 Å². The minimum Gasteiger partial charge on any atom is -0.512 e. The lowest BCUT2D eigenvalue weighted by Crippen LogP contribution is -2.25. The first kappa shape index (κ1) is 5.56. The molecule has 0 saturated heterocycles. The third kappa shape index (κ3) is 1.20. The van der Waals surface area contributed by atoms with Crippen molar-refractivity contribution in [2.45, 2.75) is 6.42 Å². The molecule has 3 heteroatoms. The van der Waals surface area contributed by atoms with E-state index in [1.165, 1.54) is 0 Å². The van der Waals surface area contributed by atoms with E-state index < -0.39 is 0 Å². The molecule has 0 amide bonds. The van der Waals surface area contributed by atoms with Gasteiger partial charge in [-0.05, 0) is 0 Å². The molecule has 1 rings (SSSR count). The predicted octanol–water partition coefficient (Wildman–Crippen LogP) is 0.749. The lowest BCUT2D eigenvalue weighted by atomic mass is 10.3. The normalized spacial score (nSPS) is 19.5. The number of hydrogen-bond donors (Lipinski definition) is 2. The molecule has 0 radical (unpaired) electrons. The predicted molar refractivity (Wildman–Crippen MR) is 35.9 cm³/mol. The molecule has 2 N–H and O–H groups in total. The van der Waals surface area contributed by atoms with Crippen LogP contribution in [-0.2, 0) is 0 Å². The van der Waals surface area contributed by atoms with Crippen LogP contribution in [0.2, 0.25) is 0 Å². The third-order valence-corrected chi connectivity index (χ3v) is 1.24. The number of thiocarbonyl (C=S) groups is 1. The maximum Gasteiger partial charge on any atom is 0.102 e. The zero-order chi connectivity index (χ0) is 5.98. The van der Waals surface area contributed by atoms with E-state index in [4.69, 9.17) is 17.3 Å². The third-order valence-electron chi connectivity index (χ3n) is 0.978. The van der Waals surface area contributed by atoms with Crippen molar-refractivity contribution in [1.82, 2.24) is 5.32 Å².